The number of carbonyl (C=O) groups excluding carboxylic acids is 1. The molecule has 0 aliphatic rings. The number of anilines is 1. The molecule has 0 bridgehead atoms. The Morgan fingerprint density at radius 2 is 2.05 bits per heavy atom. The number of hydrogen-bond acceptors (Lipinski definition) is 2. The molecule has 0 saturated heterocycles. The summed E-state index contributed by atoms with van der Waals surface area (Å²) in [7, 11) is 0. The van der Waals surface area contributed by atoms with Gasteiger partial charge in [0.25, 0.3) is 0 Å². The van der Waals surface area contributed by atoms with Gasteiger partial charge in [-0.1, -0.05) is 45.2 Å². The van der Waals surface area contributed by atoms with Crippen LogP contribution in [0.5, 0.6) is 0 Å². The highest BCUT2D eigenvalue weighted by Crippen LogP contribution is 2.30. The summed E-state index contributed by atoms with van der Waals surface area (Å²) in [5, 5.41) is 2.90. The minimum Gasteiger partial charge on any atom is -0.325 e. The van der Waals surface area contributed by atoms with Crippen molar-refractivity contribution in [1.82, 2.24) is 0 Å². The van der Waals surface area contributed by atoms with E-state index < -0.39 is 0 Å². The highest BCUT2D eigenvalue weighted by molar-refractivity contribution is 7.99. The molecule has 106 valence electrons. The van der Waals surface area contributed by atoms with Crippen LogP contribution in [0, 0.1) is 5.92 Å². The van der Waals surface area contributed by atoms with Crippen molar-refractivity contribution in [2.45, 2.75) is 51.3 Å². The molecule has 0 saturated carbocycles. The van der Waals surface area contributed by atoms with Crippen molar-refractivity contribution in [2.24, 2.45) is 5.92 Å². The van der Waals surface area contributed by atoms with E-state index in [1.165, 1.54) is 30.6 Å². The predicted octanol–water partition coefficient (Wildman–Crippen LogP) is 4.95. The monoisotopic (exact) mass is 279 g/mol. The largest absolute Gasteiger partial charge is 0.325 e. The summed E-state index contributed by atoms with van der Waals surface area (Å²) in [4.78, 5) is 12.4. The second-order valence-electron chi connectivity index (χ2n) is 4.90. The number of rotatable bonds is 8. The lowest BCUT2D eigenvalue weighted by atomic mass is 10.0. The van der Waals surface area contributed by atoms with E-state index in [0.717, 1.165) is 17.4 Å². The van der Waals surface area contributed by atoms with Crippen molar-refractivity contribution in [1.29, 1.82) is 0 Å². The van der Waals surface area contributed by atoms with Gasteiger partial charge in [0, 0.05) is 17.6 Å². The maximum Gasteiger partial charge on any atom is 0.221 e. The molecule has 0 aliphatic carbocycles. The zero-order chi connectivity index (χ0) is 14.1. The van der Waals surface area contributed by atoms with Gasteiger partial charge in [-0.25, -0.2) is 0 Å². The minimum absolute atomic E-state index is 0.00826. The maximum atomic E-state index is 11.2. The third-order valence-electron chi connectivity index (χ3n) is 3.22. The number of nitrogens with one attached hydrogen (secondary N) is 1. The van der Waals surface area contributed by atoms with Crippen LogP contribution in [-0.4, -0.2) is 11.7 Å². The van der Waals surface area contributed by atoms with Gasteiger partial charge in [-0.15, -0.1) is 11.8 Å². The molecule has 1 N–H and O–H groups in total. The first-order valence-electron chi connectivity index (χ1n) is 7.16. The third-order valence-corrected chi connectivity index (χ3v) is 4.52. The molecular formula is C16H25NOS. The average molecular weight is 279 g/mol. The van der Waals surface area contributed by atoms with Crippen molar-refractivity contribution in [3.8, 4) is 0 Å². The predicted molar refractivity (Wildman–Crippen MR) is 84.8 cm³/mol. The van der Waals surface area contributed by atoms with Crippen molar-refractivity contribution in [3.05, 3.63) is 24.3 Å². The Balaban J connectivity index is 2.58. The van der Waals surface area contributed by atoms with Crippen LogP contribution >= 0.6 is 11.8 Å². The van der Waals surface area contributed by atoms with E-state index in [4.69, 9.17) is 0 Å². The van der Waals surface area contributed by atoms with Gasteiger partial charge in [0.05, 0.1) is 5.69 Å². The molecule has 1 aromatic carbocycles. The molecule has 1 atom stereocenters. The fourth-order valence-corrected chi connectivity index (χ4v) is 3.26. The minimum atomic E-state index is -0.00826. The number of carbonyl (C=O) groups is 1. The maximum absolute atomic E-state index is 11.2. The summed E-state index contributed by atoms with van der Waals surface area (Å²) in [5.74, 6) is 1.90. The summed E-state index contributed by atoms with van der Waals surface area (Å²) < 4.78 is 0. The van der Waals surface area contributed by atoms with Gasteiger partial charge >= 0.3 is 0 Å². The quantitative estimate of drug-likeness (QED) is 0.682. The highest BCUT2D eigenvalue weighted by Gasteiger charge is 2.09. The van der Waals surface area contributed by atoms with E-state index in [1.807, 2.05) is 30.0 Å². The Morgan fingerprint density at radius 1 is 1.32 bits per heavy atom. The topological polar surface area (TPSA) is 29.1 Å². The lowest BCUT2D eigenvalue weighted by Crippen LogP contribution is -2.07. The van der Waals surface area contributed by atoms with Crippen molar-refractivity contribution in [2.75, 3.05) is 11.1 Å². The van der Waals surface area contributed by atoms with E-state index >= 15 is 0 Å². The fourth-order valence-electron chi connectivity index (χ4n) is 1.99. The van der Waals surface area contributed by atoms with Gasteiger partial charge in [0.15, 0.2) is 0 Å². The Kier molecular flexibility index (Phi) is 7.65. The highest BCUT2D eigenvalue weighted by atomic mass is 32.2. The SMILES string of the molecule is CCCCC(CC)CSc1ccccc1NC(C)=O. The fraction of sp³-hybridized carbons (Fsp3) is 0.562. The number of amides is 1. The van der Waals surface area contributed by atoms with Crippen LogP contribution in [-0.2, 0) is 4.79 Å². The third kappa shape index (κ3) is 6.15. The van der Waals surface area contributed by atoms with Gasteiger partial charge in [-0.05, 0) is 24.5 Å². The molecule has 1 aromatic rings. The summed E-state index contributed by atoms with van der Waals surface area (Å²) in [6, 6.07) is 8.05. The van der Waals surface area contributed by atoms with Crippen LogP contribution in [0.4, 0.5) is 5.69 Å². The molecule has 1 rings (SSSR count). The second-order valence-corrected chi connectivity index (χ2v) is 5.97. The summed E-state index contributed by atoms with van der Waals surface area (Å²) in [6.07, 6.45) is 5.12. The van der Waals surface area contributed by atoms with E-state index in [2.05, 4.69) is 25.2 Å². The zero-order valence-electron chi connectivity index (χ0n) is 12.2. The van der Waals surface area contributed by atoms with Crippen LogP contribution in [0.2, 0.25) is 0 Å². The number of para-hydroxylation sites is 1. The van der Waals surface area contributed by atoms with Gasteiger partial charge in [0.1, 0.15) is 0 Å². The molecule has 2 nitrogen and oxygen atoms in total. The molecule has 0 aliphatic heterocycles. The number of unbranched alkanes of at least 4 members (excludes halogenated alkanes) is 1. The lowest BCUT2D eigenvalue weighted by Gasteiger charge is -2.15. The molecule has 1 unspecified atom stereocenters. The summed E-state index contributed by atoms with van der Waals surface area (Å²) in [5.41, 5.74) is 0.936. The zero-order valence-corrected chi connectivity index (χ0v) is 13.1. The summed E-state index contributed by atoms with van der Waals surface area (Å²) in [6.45, 7) is 6.06. The molecule has 19 heavy (non-hydrogen) atoms. The molecule has 0 fully saturated rings. The van der Waals surface area contributed by atoms with Crippen molar-refractivity contribution in [3.63, 3.8) is 0 Å². The molecule has 0 heterocycles. The van der Waals surface area contributed by atoms with Crippen LogP contribution < -0.4 is 5.32 Å². The number of hydrogen-bond donors (Lipinski definition) is 1. The average Bonchev–Trinajstić information content (AvgIpc) is 2.40. The Morgan fingerprint density at radius 3 is 2.68 bits per heavy atom. The van der Waals surface area contributed by atoms with Crippen LogP contribution in [0.25, 0.3) is 0 Å². The lowest BCUT2D eigenvalue weighted by molar-refractivity contribution is -0.114. The molecule has 0 spiro atoms. The van der Waals surface area contributed by atoms with Crippen molar-refractivity contribution < 1.29 is 4.79 Å². The molecule has 0 radical (unpaired) electrons. The molecule has 0 aromatic heterocycles. The van der Waals surface area contributed by atoms with Crippen LogP contribution in [0.15, 0.2) is 29.2 Å². The first-order chi connectivity index (χ1) is 9.17. The molecule has 3 heteroatoms. The number of thioether (sulfide) groups is 1. The van der Waals surface area contributed by atoms with Gasteiger partial charge in [-0.3, -0.25) is 4.79 Å². The standard InChI is InChI=1S/C16H25NOS/c1-4-6-9-14(5-2)12-19-16-11-8-7-10-15(16)17-13(3)18/h7-8,10-11,14H,4-6,9,12H2,1-3H3,(H,17,18). The molecule has 1 amide bonds. The smallest absolute Gasteiger partial charge is 0.221 e. The van der Waals surface area contributed by atoms with E-state index in [-0.39, 0.29) is 5.91 Å². The number of benzene rings is 1. The van der Waals surface area contributed by atoms with Gasteiger partial charge < -0.3 is 5.32 Å². The van der Waals surface area contributed by atoms with Crippen LogP contribution in [0.3, 0.4) is 0 Å². The summed E-state index contributed by atoms with van der Waals surface area (Å²) >= 11 is 1.86. The van der Waals surface area contributed by atoms with Crippen LogP contribution in [0.1, 0.15) is 46.5 Å². The van der Waals surface area contributed by atoms with Gasteiger partial charge in [0.2, 0.25) is 5.91 Å². The molecular weight excluding hydrogens is 254 g/mol. The van der Waals surface area contributed by atoms with Crippen molar-refractivity contribution >= 4 is 23.4 Å². The first kappa shape index (κ1) is 16.1. The Labute approximate surface area is 121 Å². The Hall–Kier alpha value is -0.960. The second kappa shape index (κ2) is 9.03. The van der Waals surface area contributed by atoms with E-state index in [1.54, 1.807) is 6.92 Å². The van der Waals surface area contributed by atoms with E-state index in [0.29, 0.717) is 0 Å². The van der Waals surface area contributed by atoms with Gasteiger partial charge in [-0.2, -0.15) is 0 Å². The first-order valence-corrected chi connectivity index (χ1v) is 8.15. The Bertz CT molecular complexity index is 392. The normalized spacial score (nSPS) is 12.2. The van der Waals surface area contributed by atoms with E-state index in [9.17, 15) is 4.79 Å².